The summed E-state index contributed by atoms with van der Waals surface area (Å²) in [7, 11) is 1.66. The molecule has 2 saturated heterocycles. The van der Waals surface area contributed by atoms with E-state index in [4.69, 9.17) is 4.74 Å². The average molecular weight is 393 g/mol. The third-order valence-corrected chi connectivity index (χ3v) is 6.22. The van der Waals surface area contributed by atoms with Crippen LogP contribution in [0, 0.1) is 5.41 Å². The van der Waals surface area contributed by atoms with Gasteiger partial charge in [-0.3, -0.25) is 9.59 Å². The van der Waals surface area contributed by atoms with Crippen LogP contribution in [0.2, 0.25) is 0 Å². The lowest BCUT2D eigenvalue weighted by Crippen LogP contribution is -2.41. The van der Waals surface area contributed by atoms with Crippen molar-refractivity contribution in [2.45, 2.75) is 32.7 Å². The smallest absolute Gasteiger partial charge is 0.223 e. The molecule has 1 spiro atoms. The summed E-state index contributed by atoms with van der Waals surface area (Å²) in [6.07, 6.45) is 4.23. The number of hydrogen-bond donors (Lipinski definition) is 0. The zero-order valence-corrected chi connectivity index (χ0v) is 17.1. The summed E-state index contributed by atoms with van der Waals surface area (Å²) >= 11 is 0. The Morgan fingerprint density at radius 1 is 1.21 bits per heavy atom. The van der Waals surface area contributed by atoms with Crippen molar-refractivity contribution in [2.24, 2.45) is 5.41 Å². The van der Waals surface area contributed by atoms with Crippen molar-refractivity contribution < 1.29 is 14.3 Å². The molecule has 29 heavy (non-hydrogen) atoms. The number of aromatic nitrogens is 1. The van der Waals surface area contributed by atoms with Gasteiger partial charge < -0.3 is 14.5 Å². The Morgan fingerprint density at radius 3 is 2.66 bits per heavy atom. The number of amides is 1. The minimum Gasteiger partial charge on any atom is -0.497 e. The molecule has 0 saturated carbocycles. The van der Waals surface area contributed by atoms with Crippen molar-refractivity contribution in [3.05, 3.63) is 53.7 Å². The summed E-state index contributed by atoms with van der Waals surface area (Å²) in [6.45, 7) is 4.76. The maximum atomic E-state index is 12.7. The number of carbonyl (C=O) groups excluding carboxylic acids is 2. The molecule has 6 heteroatoms. The molecule has 2 aliphatic rings. The fraction of sp³-hybridized carbons (Fsp3) is 0.435. The van der Waals surface area contributed by atoms with Gasteiger partial charge in [0.2, 0.25) is 5.91 Å². The molecule has 4 rings (SSSR count). The Hall–Kier alpha value is -2.89. The second-order valence-corrected chi connectivity index (χ2v) is 8.23. The Bertz CT molecular complexity index is 902. The molecule has 0 unspecified atom stereocenters. The van der Waals surface area contributed by atoms with Gasteiger partial charge in [0, 0.05) is 49.8 Å². The third-order valence-electron chi connectivity index (χ3n) is 6.22. The van der Waals surface area contributed by atoms with Gasteiger partial charge >= 0.3 is 0 Å². The number of pyridine rings is 1. The SMILES string of the molecule is COc1cccc(CN2CC3(CCN(c4ccc(C(C)=O)cn4)CC3)CC2=O)c1. The van der Waals surface area contributed by atoms with Crippen molar-refractivity contribution >= 4 is 17.5 Å². The van der Waals surface area contributed by atoms with Gasteiger partial charge in [-0.2, -0.15) is 0 Å². The Kier molecular flexibility index (Phi) is 5.26. The van der Waals surface area contributed by atoms with Crippen LogP contribution in [0.15, 0.2) is 42.6 Å². The Morgan fingerprint density at radius 2 is 2.00 bits per heavy atom. The number of hydrogen-bond acceptors (Lipinski definition) is 5. The first kappa shape index (κ1) is 19.4. The Labute approximate surface area is 171 Å². The van der Waals surface area contributed by atoms with Gasteiger partial charge in [-0.1, -0.05) is 12.1 Å². The standard InChI is InChI=1S/C23H27N3O3/c1-17(27)19-6-7-21(24-14-19)25-10-8-23(9-11-25)13-22(28)26(16-23)15-18-4-3-5-20(12-18)29-2/h3-7,12,14H,8-11,13,15-16H2,1-2H3. The van der Waals surface area contributed by atoms with Gasteiger partial charge in [0.15, 0.2) is 5.78 Å². The maximum absolute atomic E-state index is 12.7. The summed E-state index contributed by atoms with van der Waals surface area (Å²) in [4.78, 5) is 32.8. The second kappa shape index (κ2) is 7.85. The van der Waals surface area contributed by atoms with Crippen molar-refractivity contribution in [1.82, 2.24) is 9.88 Å². The topological polar surface area (TPSA) is 62.7 Å². The van der Waals surface area contributed by atoms with E-state index in [9.17, 15) is 9.59 Å². The number of methoxy groups -OCH3 is 1. The number of piperidine rings is 1. The van der Waals surface area contributed by atoms with Crippen molar-refractivity contribution in [3.8, 4) is 5.75 Å². The summed E-state index contributed by atoms with van der Waals surface area (Å²) in [5.41, 5.74) is 1.80. The fourth-order valence-corrected chi connectivity index (χ4v) is 4.44. The maximum Gasteiger partial charge on any atom is 0.223 e. The average Bonchev–Trinajstić information content (AvgIpc) is 3.03. The Balaban J connectivity index is 1.38. The highest BCUT2D eigenvalue weighted by atomic mass is 16.5. The number of ether oxygens (including phenoxy) is 1. The number of likely N-dealkylation sites (tertiary alicyclic amines) is 1. The van der Waals surface area contributed by atoms with Crippen LogP contribution >= 0.6 is 0 Å². The second-order valence-electron chi connectivity index (χ2n) is 8.23. The minimum atomic E-state index is 0.0299. The molecule has 3 heterocycles. The first-order chi connectivity index (χ1) is 14.0. The number of rotatable bonds is 5. The van der Waals surface area contributed by atoms with E-state index in [1.165, 1.54) is 0 Å². The molecule has 2 aliphatic heterocycles. The highest BCUT2D eigenvalue weighted by molar-refractivity contribution is 5.93. The van der Waals surface area contributed by atoms with E-state index < -0.39 is 0 Å². The lowest BCUT2D eigenvalue weighted by atomic mass is 9.77. The number of nitrogens with zero attached hydrogens (tertiary/aromatic N) is 3. The molecule has 0 atom stereocenters. The number of ketones is 1. The molecule has 1 aromatic carbocycles. The monoisotopic (exact) mass is 393 g/mol. The van der Waals surface area contributed by atoms with Crippen molar-refractivity contribution in [3.63, 3.8) is 0 Å². The fourth-order valence-electron chi connectivity index (χ4n) is 4.44. The van der Waals surface area contributed by atoms with Crippen LogP contribution in [0.1, 0.15) is 42.1 Å². The van der Waals surface area contributed by atoms with E-state index in [-0.39, 0.29) is 17.1 Å². The lowest BCUT2D eigenvalue weighted by molar-refractivity contribution is -0.128. The summed E-state index contributed by atoms with van der Waals surface area (Å²) in [5, 5.41) is 0. The van der Waals surface area contributed by atoms with Crippen LogP contribution < -0.4 is 9.64 Å². The van der Waals surface area contributed by atoms with Gasteiger partial charge in [0.05, 0.1) is 7.11 Å². The van der Waals surface area contributed by atoms with Crippen LogP contribution in [0.3, 0.4) is 0 Å². The predicted octanol–water partition coefficient (Wildman–Crippen LogP) is 3.31. The van der Waals surface area contributed by atoms with Crippen LogP contribution in [0.5, 0.6) is 5.75 Å². The molecule has 2 aromatic rings. The molecule has 1 amide bonds. The van der Waals surface area contributed by atoms with E-state index in [0.29, 0.717) is 18.5 Å². The molecule has 152 valence electrons. The number of anilines is 1. The quantitative estimate of drug-likeness (QED) is 0.730. The van der Waals surface area contributed by atoms with Crippen LogP contribution in [-0.2, 0) is 11.3 Å². The summed E-state index contributed by atoms with van der Waals surface area (Å²) < 4.78 is 5.30. The first-order valence-corrected chi connectivity index (χ1v) is 10.1. The van der Waals surface area contributed by atoms with E-state index in [1.807, 2.05) is 41.3 Å². The molecule has 1 aromatic heterocycles. The molecule has 6 nitrogen and oxygen atoms in total. The lowest BCUT2D eigenvalue weighted by Gasteiger charge is -2.39. The number of Topliss-reactive ketones (excluding diaryl/α,β-unsaturated/α-hetero) is 1. The van der Waals surface area contributed by atoms with Crippen LogP contribution in [0.25, 0.3) is 0 Å². The summed E-state index contributed by atoms with van der Waals surface area (Å²) in [5.74, 6) is 2.00. The number of carbonyl (C=O) groups is 2. The van der Waals surface area contributed by atoms with Crippen LogP contribution in [-0.4, -0.2) is 48.3 Å². The van der Waals surface area contributed by atoms with E-state index in [0.717, 1.165) is 49.6 Å². The zero-order valence-electron chi connectivity index (χ0n) is 17.1. The van der Waals surface area contributed by atoms with Gasteiger partial charge in [0.1, 0.15) is 11.6 Å². The molecular formula is C23H27N3O3. The highest BCUT2D eigenvalue weighted by Gasteiger charge is 2.44. The van der Waals surface area contributed by atoms with E-state index >= 15 is 0 Å². The number of benzene rings is 1. The molecule has 0 aliphatic carbocycles. The molecular weight excluding hydrogens is 366 g/mol. The van der Waals surface area contributed by atoms with Gasteiger partial charge in [-0.25, -0.2) is 4.98 Å². The van der Waals surface area contributed by atoms with Crippen LogP contribution in [0.4, 0.5) is 5.82 Å². The van der Waals surface area contributed by atoms with Gasteiger partial charge in [-0.15, -0.1) is 0 Å². The largest absolute Gasteiger partial charge is 0.497 e. The summed E-state index contributed by atoms with van der Waals surface area (Å²) in [6, 6.07) is 11.7. The normalized spacial score (nSPS) is 18.3. The molecule has 0 bridgehead atoms. The highest BCUT2D eigenvalue weighted by Crippen LogP contribution is 2.42. The predicted molar refractivity (Wildman–Crippen MR) is 111 cm³/mol. The van der Waals surface area contributed by atoms with Gasteiger partial charge in [-0.05, 0) is 49.6 Å². The van der Waals surface area contributed by atoms with E-state index in [1.54, 1.807) is 20.2 Å². The molecule has 2 fully saturated rings. The van der Waals surface area contributed by atoms with E-state index in [2.05, 4.69) is 9.88 Å². The third kappa shape index (κ3) is 4.11. The minimum absolute atomic E-state index is 0.0299. The molecule has 0 radical (unpaired) electrons. The van der Waals surface area contributed by atoms with Crippen molar-refractivity contribution in [2.75, 3.05) is 31.6 Å². The van der Waals surface area contributed by atoms with Gasteiger partial charge in [0.25, 0.3) is 0 Å². The van der Waals surface area contributed by atoms with Crippen molar-refractivity contribution in [1.29, 1.82) is 0 Å². The molecule has 0 N–H and O–H groups in total. The first-order valence-electron chi connectivity index (χ1n) is 10.1. The zero-order chi connectivity index (χ0) is 20.4.